The van der Waals surface area contributed by atoms with Crippen molar-refractivity contribution in [2.24, 2.45) is 0 Å². The largest absolute Gasteiger partial charge is 0.466 e. The molecule has 0 aliphatic carbocycles. The van der Waals surface area contributed by atoms with Gasteiger partial charge in [0, 0.05) is 0 Å². The van der Waals surface area contributed by atoms with E-state index < -0.39 is 26.3 Å². The van der Waals surface area contributed by atoms with E-state index in [1.807, 2.05) is 0 Å². The average Bonchev–Trinajstić information content (AvgIpc) is 2.01. The van der Waals surface area contributed by atoms with Gasteiger partial charge in [-0.2, -0.15) is 17.6 Å². The van der Waals surface area contributed by atoms with Gasteiger partial charge in [0.05, 0.1) is 0 Å². The Labute approximate surface area is 81.3 Å². The van der Waals surface area contributed by atoms with Crippen molar-refractivity contribution >= 4 is 7.82 Å². The smallest absolute Gasteiger partial charge is 0.303 e. The van der Waals surface area contributed by atoms with Gasteiger partial charge < -0.3 is 14.7 Å². The zero-order valence-corrected chi connectivity index (χ0v) is 7.97. The van der Waals surface area contributed by atoms with Gasteiger partial charge in [-0.15, -0.1) is 0 Å². The van der Waals surface area contributed by atoms with E-state index in [1.54, 1.807) is 0 Å². The van der Waals surface area contributed by atoms with E-state index in [0.717, 1.165) is 0 Å². The molecule has 0 unspecified atom stereocenters. The van der Waals surface area contributed by atoms with Crippen LogP contribution in [0.4, 0.5) is 22.0 Å². The van der Waals surface area contributed by atoms with Gasteiger partial charge in [-0.1, -0.05) is 6.58 Å². The summed E-state index contributed by atoms with van der Waals surface area (Å²) >= 11 is 0. The Morgan fingerprint density at radius 3 is 1.53 bits per heavy atom. The number of phosphoric acid groups is 1. The fourth-order valence-electron chi connectivity index (χ4n) is 0.238. The molecule has 0 aromatic rings. The number of alkyl halides is 5. The van der Waals surface area contributed by atoms with Crippen LogP contribution in [-0.4, -0.2) is 33.2 Å². The van der Waals surface area contributed by atoms with Gasteiger partial charge in [-0.05, 0) is 6.08 Å². The lowest BCUT2D eigenvalue weighted by Gasteiger charge is -2.19. The molecule has 0 aliphatic heterocycles. The van der Waals surface area contributed by atoms with E-state index in [9.17, 15) is 22.0 Å². The molecular formula is C5H8F5O4P. The first-order valence-electron chi connectivity index (χ1n) is 3.11. The molecule has 0 aromatic carbocycles. The second-order valence-electron chi connectivity index (χ2n) is 2.18. The van der Waals surface area contributed by atoms with Crippen molar-refractivity contribution in [3.63, 3.8) is 0 Å². The zero-order valence-electron chi connectivity index (χ0n) is 7.08. The molecule has 0 aliphatic rings. The fraction of sp³-hybridized carbons (Fsp3) is 0.600. The van der Waals surface area contributed by atoms with Crippen LogP contribution >= 0.6 is 7.82 Å². The standard InChI is InChI=1S/C5H5F5.H3O4P/c1-2-4(7,8)5(9,10)3-6;1-5(2,3)4/h2H,1,3H2;(H3,1,2,3,4). The van der Waals surface area contributed by atoms with Crippen LogP contribution in [0.15, 0.2) is 12.7 Å². The van der Waals surface area contributed by atoms with Crippen molar-refractivity contribution in [1.82, 2.24) is 0 Å². The normalized spacial score (nSPS) is 12.8. The summed E-state index contributed by atoms with van der Waals surface area (Å²) in [7, 11) is -4.64. The SMILES string of the molecule is C=CC(F)(F)C(F)(F)CF.O=P(O)(O)O. The Morgan fingerprint density at radius 1 is 1.20 bits per heavy atom. The third kappa shape index (κ3) is 8.49. The first kappa shape index (κ1) is 16.9. The van der Waals surface area contributed by atoms with Gasteiger partial charge in [-0.3, -0.25) is 0 Å². The summed E-state index contributed by atoms with van der Waals surface area (Å²) in [6.07, 6.45) is -0.271. The molecule has 15 heavy (non-hydrogen) atoms. The minimum Gasteiger partial charge on any atom is -0.303 e. The van der Waals surface area contributed by atoms with E-state index in [0.29, 0.717) is 0 Å². The summed E-state index contributed by atoms with van der Waals surface area (Å²) in [5.74, 6) is -9.09. The maximum atomic E-state index is 11.8. The number of rotatable bonds is 3. The molecule has 0 bridgehead atoms. The maximum Gasteiger partial charge on any atom is 0.466 e. The van der Waals surface area contributed by atoms with E-state index >= 15 is 0 Å². The molecule has 0 heterocycles. The molecule has 0 saturated carbocycles. The van der Waals surface area contributed by atoms with Crippen molar-refractivity contribution < 1.29 is 41.2 Å². The minimum absolute atomic E-state index is 0.271. The van der Waals surface area contributed by atoms with Gasteiger partial charge in [0.1, 0.15) is 0 Å². The second-order valence-corrected chi connectivity index (χ2v) is 3.21. The quantitative estimate of drug-likeness (QED) is 0.407. The van der Waals surface area contributed by atoms with Crippen LogP contribution in [0.1, 0.15) is 0 Å². The molecule has 0 fully saturated rings. The summed E-state index contributed by atoms with van der Waals surface area (Å²) < 4.78 is 67.2. The second kappa shape index (κ2) is 5.55. The molecule has 0 radical (unpaired) electrons. The third-order valence-corrected chi connectivity index (χ3v) is 0.912. The predicted molar refractivity (Wildman–Crippen MR) is 40.3 cm³/mol. The molecule has 0 rings (SSSR count). The monoisotopic (exact) mass is 258 g/mol. The maximum absolute atomic E-state index is 11.8. The molecule has 4 nitrogen and oxygen atoms in total. The summed E-state index contributed by atoms with van der Waals surface area (Å²) in [5, 5.41) is 0. The topological polar surface area (TPSA) is 77.8 Å². The van der Waals surface area contributed by atoms with Crippen molar-refractivity contribution in [3.05, 3.63) is 12.7 Å². The highest BCUT2D eigenvalue weighted by molar-refractivity contribution is 7.45. The molecule has 92 valence electrons. The Balaban J connectivity index is 0. The van der Waals surface area contributed by atoms with E-state index in [4.69, 9.17) is 19.2 Å². The first-order valence-corrected chi connectivity index (χ1v) is 4.67. The van der Waals surface area contributed by atoms with Crippen molar-refractivity contribution in [1.29, 1.82) is 0 Å². The minimum atomic E-state index is -4.64. The summed E-state index contributed by atoms with van der Waals surface area (Å²) in [4.78, 5) is 21.6. The van der Waals surface area contributed by atoms with Crippen LogP contribution in [0, 0.1) is 0 Å². The Hall–Kier alpha value is -0.500. The van der Waals surface area contributed by atoms with Gasteiger partial charge in [0.2, 0.25) is 0 Å². The number of allylic oxidation sites excluding steroid dienone is 1. The van der Waals surface area contributed by atoms with Crippen LogP contribution in [0.25, 0.3) is 0 Å². The summed E-state index contributed by atoms with van der Waals surface area (Å²) in [6.45, 7) is 0.0670. The van der Waals surface area contributed by atoms with Crippen LogP contribution < -0.4 is 0 Å². The Kier molecular flexibility index (Phi) is 6.25. The van der Waals surface area contributed by atoms with Crippen LogP contribution in [-0.2, 0) is 4.57 Å². The predicted octanol–water partition coefficient (Wildman–Crippen LogP) is 1.48. The number of halogens is 5. The van der Waals surface area contributed by atoms with E-state index in [-0.39, 0.29) is 6.08 Å². The number of hydrogen-bond donors (Lipinski definition) is 3. The molecule has 0 aromatic heterocycles. The molecule has 10 heteroatoms. The highest BCUT2D eigenvalue weighted by atomic mass is 31.2. The Bertz CT molecular complexity index is 242. The molecule has 0 amide bonds. The van der Waals surface area contributed by atoms with Gasteiger partial charge in [0.15, 0.2) is 6.67 Å². The fourth-order valence-corrected chi connectivity index (χ4v) is 0.238. The summed E-state index contributed by atoms with van der Waals surface area (Å²) in [6, 6.07) is 0. The lowest BCUT2D eigenvalue weighted by atomic mass is 10.2. The van der Waals surface area contributed by atoms with Gasteiger partial charge >= 0.3 is 19.7 Å². The molecule has 0 spiro atoms. The molecule has 0 saturated heterocycles. The van der Waals surface area contributed by atoms with E-state index in [1.165, 1.54) is 0 Å². The van der Waals surface area contributed by atoms with Crippen molar-refractivity contribution in [2.75, 3.05) is 6.67 Å². The highest BCUT2D eigenvalue weighted by Crippen LogP contribution is 2.35. The van der Waals surface area contributed by atoms with Crippen molar-refractivity contribution in [2.45, 2.75) is 11.8 Å². The summed E-state index contributed by atoms with van der Waals surface area (Å²) in [5.41, 5.74) is 0. The van der Waals surface area contributed by atoms with Crippen molar-refractivity contribution in [3.8, 4) is 0 Å². The number of hydrogen-bond acceptors (Lipinski definition) is 1. The van der Waals surface area contributed by atoms with Gasteiger partial charge in [0.25, 0.3) is 0 Å². The highest BCUT2D eigenvalue weighted by Gasteiger charge is 2.53. The Morgan fingerprint density at radius 2 is 1.47 bits per heavy atom. The van der Waals surface area contributed by atoms with Crippen LogP contribution in [0.2, 0.25) is 0 Å². The third-order valence-electron chi connectivity index (χ3n) is 0.912. The molecule has 0 atom stereocenters. The lowest BCUT2D eigenvalue weighted by molar-refractivity contribution is -0.186. The van der Waals surface area contributed by atoms with Gasteiger partial charge in [-0.25, -0.2) is 8.96 Å². The van der Waals surface area contributed by atoms with Crippen LogP contribution in [0.5, 0.6) is 0 Å². The first-order chi connectivity index (χ1) is 6.37. The average molecular weight is 258 g/mol. The van der Waals surface area contributed by atoms with E-state index in [2.05, 4.69) is 6.58 Å². The van der Waals surface area contributed by atoms with Crippen LogP contribution in [0.3, 0.4) is 0 Å². The molecule has 3 N–H and O–H groups in total. The zero-order chi connectivity index (χ0) is 12.9. The molecular weight excluding hydrogens is 250 g/mol. The lowest BCUT2D eigenvalue weighted by Crippen LogP contribution is -2.40.